The molecule has 2 heterocycles. The molecule has 1 N–H and O–H groups in total. The Bertz CT molecular complexity index is 588. The molecule has 0 saturated carbocycles. The highest BCUT2D eigenvalue weighted by atomic mass is 35.5. The molecule has 1 aromatic heterocycles. The van der Waals surface area contributed by atoms with E-state index in [4.69, 9.17) is 11.6 Å². The molecule has 1 aliphatic heterocycles. The first-order chi connectivity index (χ1) is 7.66. The zero-order valence-corrected chi connectivity index (χ0v) is 9.58. The number of rotatable bonds is 0. The maximum absolute atomic E-state index is 11.7. The molecule has 3 rings (SSSR count). The van der Waals surface area contributed by atoms with E-state index >= 15 is 0 Å². The van der Waals surface area contributed by atoms with Gasteiger partial charge in [-0.1, -0.05) is 17.7 Å². The van der Waals surface area contributed by atoms with E-state index in [-0.39, 0.29) is 11.9 Å². The van der Waals surface area contributed by atoms with Crippen LogP contribution < -0.4 is 5.32 Å². The Morgan fingerprint density at radius 3 is 3.06 bits per heavy atom. The number of carbonyl (C=O) groups excluding carboxylic acids is 1. The molecular weight excluding hydrogens is 224 g/mol. The van der Waals surface area contributed by atoms with Gasteiger partial charge in [0.05, 0.1) is 5.52 Å². The number of nitrogens with one attached hydrogen (secondary N) is 1. The SMILES string of the molecule is CC1CNC(=O)c2cc3ccc(Cl)cc3n21. The van der Waals surface area contributed by atoms with Crippen LogP contribution in [-0.4, -0.2) is 17.0 Å². The van der Waals surface area contributed by atoms with E-state index in [0.717, 1.165) is 16.6 Å². The van der Waals surface area contributed by atoms with Crippen LogP contribution in [0.25, 0.3) is 10.9 Å². The van der Waals surface area contributed by atoms with Gasteiger partial charge in [0.2, 0.25) is 0 Å². The van der Waals surface area contributed by atoms with Crippen molar-refractivity contribution in [1.82, 2.24) is 9.88 Å². The van der Waals surface area contributed by atoms with E-state index in [1.807, 2.05) is 24.3 Å². The van der Waals surface area contributed by atoms with Gasteiger partial charge in [0.1, 0.15) is 5.69 Å². The zero-order valence-electron chi connectivity index (χ0n) is 8.83. The van der Waals surface area contributed by atoms with Crippen molar-refractivity contribution in [2.75, 3.05) is 6.54 Å². The first kappa shape index (κ1) is 9.73. The van der Waals surface area contributed by atoms with Crippen molar-refractivity contribution >= 4 is 28.4 Å². The Balaban J connectivity index is 2.38. The van der Waals surface area contributed by atoms with Crippen molar-refractivity contribution in [3.05, 3.63) is 35.0 Å². The van der Waals surface area contributed by atoms with E-state index in [0.29, 0.717) is 11.6 Å². The summed E-state index contributed by atoms with van der Waals surface area (Å²) in [7, 11) is 0. The van der Waals surface area contributed by atoms with Gasteiger partial charge in [-0.05, 0) is 25.1 Å². The molecule has 4 heteroatoms. The number of hydrogen-bond donors (Lipinski definition) is 1. The average molecular weight is 235 g/mol. The number of aromatic nitrogens is 1. The molecule has 0 radical (unpaired) electrons. The van der Waals surface area contributed by atoms with Gasteiger partial charge in [-0.15, -0.1) is 0 Å². The van der Waals surface area contributed by atoms with Gasteiger partial charge in [-0.25, -0.2) is 0 Å². The Hall–Kier alpha value is -1.48. The van der Waals surface area contributed by atoms with Crippen LogP contribution in [-0.2, 0) is 0 Å². The molecule has 16 heavy (non-hydrogen) atoms. The summed E-state index contributed by atoms with van der Waals surface area (Å²) in [4.78, 5) is 11.7. The normalized spacial score (nSPS) is 19.6. The second kappa shape index (κ2) is 3.25. The number of nitrogens with zero attached hydrogens (tertiary/aromatic N) is 1. The monoisotopic (exact) mass is 234 g/mol. The van der Waals surface area contributed by atoms with Crippen molar-refractivity contribution < 1.29 is 4.79 Å². The fourth-order valence-electron chi connectivity index (χ4n) is 2.27. The largest absolute Gasteiger partial charge is 0.349 e. The lowest BCUT2D eigenvalue weighted by molar-refractivity contribution is 0.0919. The summed E-state index contributed by atoms with van der Waals surface area (Å²) < 4.78 is 2.06. The molecule has 1 amide bonds. The maximum atomic E-state index is 11.7. The quantitative estimate of drug-likeness (QED) is 0.747. The Kier molecular flexibility index (Phi) is 1.98. The Labute approximate surface area is 98.0 Å². The third-order valence-electron chi connectivity index (χ3n) is 3.04. The van der Waals surface area contributed by atoms with Crippen LogP contribution in [0.2, 0.25) is 5.02 Å². The minimum Gasteiger partial charge on any atom is -0.349 e. The molecule has 2 aromatic rings. The van der Waals surface area contributed by atoms with Crippen LogP contribution >= 0.6 is 11.6 Å². The fourth-order valence-corrected chi connectivity index (χ4v) is 2.43. The summed E-state index contributed by atoms with van der Waals surface area (Å²) in [6.07, 6.45) is 0. The van der Waals surface area contributed by atoms with Crippen LogP contribution in [0.5, 0.6) is 0 Å². The molecule has 0 saturated heterocycles. The molecule has 0 bridgehead atoms. The summed E-state index contributed by atoms with van der Waals surface area (Å²) in [6.45, 7) is 2.76. The second-order valence-electron chi connectivity index (χ2n) is 4.16. The van der Waals surface area contributed by atoms with Crippen molar-refractivity contribution in [3.63, 3.8) is 0 Å². The lowest BCUT2D eigenvalue weighted by Gasteiger charge is -2.23. The first-order valence-corrected chi connectivity index (χ1v) is 5.63. The lowest BCUT2D eigenvalue weighted by atomic mass is 10.2. The highest BCUT2D eigenvalue weighted by Gasteiger charge is 2.24. The molecule has 0 aliphatic carbocycles. The lowest BCUT2D eigenvalue weighted by Crippen LogP contribution is -2.37. The van der Waals surface area contributed by atoms with E-state index in [1.54, 1.807) is 0 Å². The number of amides is 1. The van der Waals surface area contributed by atoms with Crippen LogP contribution in [0.1, 0.15) is 23.5 Å². The highest BCUT2D eigenvalue weighted by molar-refractivity contribution is 6.31. The van der Waals surface area contributed by atoms with E-state index < -0.39 is 0 Å². The predicted molar refractivity (Wildman–Crippen MR) is 64.0 cm³/mol. The molecule has 82 valence electrons. The van der Waals surface area contributed by atoms with Crippen molar-refractivity contribution in [3.8, 4) is 0 Å². The van der Waals surface area contributed by atoms with E-state index in [9.17, 15) is 4.79 Å². The minimum atomic E-state index is -0.00887. The third-order valence-corrected chi connectivity index (χ3v) is 3.27. The van der Waals surface area contributed by atoms with Crippen molar-refractivity contribution in [1.29, 1.82) is 0 Å². The molecule has 1 unspecified atom stereocenters. The molecule has 3 nitrogen and oxygen atoms in total. The second-order valence-corrected chi connectivity index (χ2v) is 4.60. The number of halogens is 1. The van der Waals surface area contributed by atoms with Gasteiger partial charge in [0.15, 0.2) is 0 Å². The van der Waals surface area contributed by atoms with E-state index in [1.165, 1.54) is 0 Å². The van der Waals surface area contributed by atoms with Gasteiger partial charge in [0.25, 0.3) is 5.91 Å². The Morgan fingerprint density at radius 1 is 1.44 bits per heavy atom. The zero-order chi connectivity index (χ0) is 11.3. The number of carbonyl (C=O) groups is 1. The smallest absolute Gasteiger partial charge is 0.268 e. The number of benzene rings is 1. The molecule has 0 fully saturated rings. The first-order valence-electron chi connectivity index (χ1n) is 5.25. The highest BCUT2D eigenvalue weighted by Crippen LogP contribution is 2.28. The maximum Gasteiger partial charge on any atom is 0.268 e. The van der Waals surface area contributed by atoms with Crippen LogP contribution in [0, 0.1) is 0 Å². The summed E-state index contributed by atoms with van der Waals surface area (Å²) in [5.41, 5.74) is 1.75. The molecule has 1 aliphatic rings. The standard InChI is InChI=1S/C12H11ClN2O/c1-7-6-14-12(16)11-4-8-2-3-9(13)5-10(8)15(7)11/h2-5,7H,6H2,1H3,(H,14,16). The minimum absolute atomic E-state index is 0.00887. The van der Waals surface area contributed by atoms with Gasteiger partial charge in [-0.3, -0.25) is 4.79 Å². The third kappa shape index (κ3) is 1.25. The van der Waals surface area contributed by atoms with Crippen LogP contribution in [0.4, 0.5) is 0 Å². The van der Waals surface area contributed by atoms with Crippen LogP contribution in [0.3, 0.4) is 0 Å². The fraction of sp³-hybridized carbons (Fsp3) is 0.250. The van der Waals surface area contributed by atoms with Gasteiger partial charge >= 0.3 is 0 Å². The average Bonchev–Trinajstić information content (AvgIpc) is 2.63. The van der Waals surface area contributed by atoms with Crippen molar-refractivity contribution in [2.45, 2.75) is 13.0 Å². The van der Waals surface area contributed by atoms with Crippen molar-refractivity contribution in [2.24, 2.45) is 0 Å². The summed E-state index contributed by atoms with van der Waals surface area (Å²) in [5.74, 6) is -0.00887. The molecule has 1 aromatic carbocycles. The van der Waals surface area contributed by atoms with E-state index in [2.05, 4.69) is 16.8 Å². The summed E-state index contributed by atoms with van der Waals surface area (Å²) in [5, 5.41) is 4.63. The number of hydrogen-bond acceptors (Lipinski definition) is 1. The topological polar surface area (TPSA) is 34.0 Å². The molecule has 1 atom stereocenters. The summed E-state index contributed by atoms with van der Waals surface area (Å²) >= 11 is 5.99. The van der Waals surface area contributed by atoms with Gasteiger partial charge in [-0.2, -0.15) is 0 Å². The number of fused-ring (bicyclic) bond motifs is 3. The summed E-state index contributed by atoms with van der Waals surface area (Å²) in [6, 6.07) is 7.89. The van der Waals surface area contributed by atoms with Crippen LogP contribution in [0.15, 0.2) is 24.3 Å². The molecule has 0 spiro atoms. The van der Waals surface area contributed by atoms with Gasteiger partial charge in [0, 0.05) is 23.0 Å². The predicted octanol–water partition coefficient (Wildman–Crippen LogP) is 2.60. The molecular formula is C12H11ClN2O. The van der Waals surface area contributed by atoms with Gasteiger partial charge < -0.3 is 9.88 Å². The Morgan fingerprint density at radius 2 is 2.25 bits per heavy atom.